The SMILES string of the molecule is CCCn1cc(Br)cc1C(=O)NCCc1nccn1C. The Labute approximate surface area is 127 Å². The highest BCUT2D eigenvalue weighted by atomic mass is 79.9. The van der Waals surface area contributed by atoms with Gasteiger partial charge in [-0.2, -0.15) is 0 Å². The standard InChI is InChI=1S/C14H19BrN4O/c1-3-7-19-10-11(15)9-12(19)14(20)17-5-4-13-16-6-8-18(13)2/h6,8-10H,3-5,7H2,1-2H3,(H,17,20). The van der Waals surface area contributed by atoms with Crippen LogP contribution in [0.5, 0.6) is 0 Å². The third-order valence-corrected chi connectivity index (χ3v) is 3.55. The number of halogens is 1. The Balaban J connectivity index is 1.93. The third-order valence-electron chi connectivity index (χ3n) is 3.12. The van der Waals surface area contributed by atoms with Crippen molar-refractivity contribution in [1.29, 1.82) is 0 Å². The van der Waals surface area contributed by atoms with E-state index in [2.05, 4.69) is 33.2 Å². The fourth-order valence-corrected chi connectivity index (χ4v) is 2.57. The van der Waals surface area contributed by atoms with Crippen molar-refractivity contribution < 1.29 is 4.79 Å². The number of rotatable bonds is 6. The van der Waals surface area contributed by atoms with Gasteiger partial charge in [-0.05, 0) is 28.4 Å². The summed E-state index contributed by atoms with van der Waals surface area (Å²) in [5, 5.41) is 2.94. The van der Waals surface area contributed by atoms with Crippen LogP contribution in [0.2, 0.25) is 0 Å². The lowest BCUT2D eigenvalue weighted by molar-refractivity contribution is 0.0944. The molecule has 5 nitrogen and oxygen atoms in total. The number of aryl methyl sites for hydroxylation is 2. The molecular formula is C14H19BrN4O. The highest BCUT2D eigenvalue weighted by Gasteiger charge is 2.12. The first-order chi connectivity index (χ1) is 9.61. The van der Waals surface area contributed by atoms with Crippen molar-refractivity contribution in [3.63, 3.8) is 0 Å². The van der Waals surface area contributed by atoms with Crippen molar-refractivity contribution in [3.8, 4) is 0 Å². The Bertz CT molecular complexity index is 588. The summed E-state index contributed by atoms with van der Waals surface area (Å²) in [6.45, 7) is 3.52. The molecule has 0 atom stereocenters. The molecule has 0 aromatic carbocycles. The van der Waals surface area contributed by atoms with E-state index in [1.807, 2.05) is 34.6 Å². The van der Waals surface area contributed by atoms with Gasteiger partial charge in [0.1, 0.15) is 11.5 Å². The minimum atomic E-state index is -0.0432. The molecule has 108 valence electrons. The quantitative estimate of drug-likeness (QED) is 0.878. The molecule has 0 bridgehead atoms. The van der Waals surface area contributed by atoms with Gasteiger partial charge >= 0.3 is 0 Å². The number of imidazole rings is 1. The van der Waals surface area contributed by atoms with Gasteiger partial charge in [0, 0.05) is 49.6 Å². The second-order valence-corrected chi connectivity index (χ2v) is 5.61. The summed E-state index contributed by atoms with van der Waals surface area (Å²) in [6.07, 6.45) is 7.33. The Hall–Kier alpha value is -1.56. The number of nitrogens with zero attached hydrogens (tertiary/aromatic N) is 3. The maximum atomic E-state index is 12.2. The summed E-state index contributed by atoms with van der Waals surface area (Å²) in [7, 11) is 1.95. The predicted molar refractivity (Wildman–Crippen MR) is 81.7 cm³/mol. The van der Waals surface area contributed by atoms with Crippen LogP contribution in [0.15, 0.2) is 29.1 Å². The van der Waals surface area contributed by atoms with Crippen LogP contribution in [0.3, 0.4) is 0 Å². The van der Waals surface area contributed by atoms with E-state index in [1.165, 1.54) is 0 Å². The summed E-state index contributed by atoms with van der Waals surface area (Å²) in [5.41, 5.74) is 0.693. The van der Waals surface area contributed by atoms with Crippen molar-refractivity contribution in [2.45, 2.75) is 26.3 Å². The van der Waals surface area contributed by atoms with Gasteiger partial charge in [0.25, 0.3) is 5.91 Å². The zero-order chi connectivity index (χ0) is 14.5. The van der Waals surface area contributed by atoms with E-state index >= 15 is 0 Å². The number of carbonyl (C=O) groups is 1. The van der Waals surface area contributed by atoms with Gasteiger partial charge in [-0.25, -0.2) is 4.98 Å². The van der Waals surface area contributed by atoms with Crippen molar-refractivity contribution in [1.82, 2.24) is 19.4 Å². The van der Waals surface area contributed by atoms with Crippen LogP contribution >= 0.6 is 15.9 Å². The summed E-state index contributed by atoms with van der Waals surface area (Å²) in [6, 6.07) is 1.85. The highest BCUT2D eigenvalue weighted by molar-refractivity contribution is 9.10. The lowest BCUT2D eigenvalue weighted by Gasteiger charge is -2.08. The third kappa shape index (κ3) is 3.50. The molecule has 6 heteroatoms. The van der Waals surface area contributed by atoms with Crippen molar-refractivity contribution in [2.24, 2.45) is 7.05 Å². The van der Waals surface area contributed by atoms with Gasteiger partial charge in [-0.3, -0.25) is 4.79 Å². The van der Waals surface area contributed by atoms with E-state index in [1.54, 1.807) is 6.20 Å². The minimum Gasteiger partial charge on any atom is -0.350 e. The largest absolute Gasteiger partial charge is 0.350 e. The lowest BCUT2D eigenvalue weighted by Crippen LogP contribution is -2.28. The van der Waals surface area contributed by atoms with E-state index in [9.17, 15) is 4.79 Å². The second-order valence-electron chi connectivity index (χ2n) is 4.70. The maximum Gasteiger partial charge on any atom is 0.267 e. The fraction of sp³-hybridized carbons (Fsp3) is 0.429. The molecule has 2 aromatic heterocycles. The fourth-order valence-electron chi connectivity index (χ4n) is 2.11. The molecule has 0 fully saturated rings. The Kier molecular flexibility index (Phi) is 5.00. The zero-order valence-electron chi connectivity index (χ0n) is 11.8. The molecule has 2 heterocycles. The van der Waals surface area contributed by atoms with E-state index in [-0.39, 0.29) is 5.91 Å². The molecule has 0 saturated heterocycles. The first-order valence-electron chi connectivity index (χ1n) is 6.72. The average Bonchev–Trinajstić information content (AvgIpc) is 2.97. The molecule has 0 radical (unpaired) electrons. The number of carbonyl (C=O) groups excluding carboxylic acids is 1. The lowest BCUT2D eigenvalue weighted by atomic mass is 10.3. The van der Waals surface area contributed by atoms with Crippen molar-refractivity contribution in [3.05, 3.63) is 40.6 Å². The van der Waals surface area contributed by atoms with Crippen molar-refractivity contribution in [2.75, 3.05) is 6.54 Å². The van der Waals surface area contributed by atoms with Gasteiger partial charge in [-0.15, -0.1) is 0 Å². The predicted octanol–water partition coefficient (Wildman–Crippen LogP) is 2.37. The molecule has 0 unspecified atom stereocenters. The number of hydrogen-bond donors (Lipinski definition) is 1. The van der Waals surface area contributed by atoms with Gasteiger partial charge in [0.05, 0.1) is 0 Å². The molecule has 1 N–H and O–H groups in total. The summed E-state index contributed by atoms with van der Waals surface area (Å²) < 4.78 is 4.86. The topological polar surface area (TPSA) is 51.9 Å². The molecule has 0 spiro atoms. The summed E-state index contributed by atoms with van der Waals surface area (Å²) in [4.78, 5) is 16.4. The maximum absolute atomic E-state index is 12.2. The number of amides is 1. The van der Waals surface area contributed by atoms with E-state index in [4.69, 9.17) is 0 Å². The molecule has 0 saturated carbocycles. The highest BCUT2D eigenvalue weighted by Crippen LogP contribution is 2.15. The van der Waals surface area contributed by atoms with E-state index in [0.717, 1.165) is 29.7 Å². The van der Waals surface area contributed by atoms with Gasteiger partial charge in [0.2, 0.25) is 0 Å². The van der Waals surface area contributed by atoms with E-state index < -0.39 is 0 Å². The minimum absolute atomic E-state index is 0.0432. The van der Waals surface area contributed by atoms with Crippen LogP contribution < -0.4 is 5.32 Å². The molecule has 2 rings (SSSR count). The molecule has 20 heavy (non-hydrogen) atoms. The monoisotopic (exact) mass is 338 g/mol. The smallest absolute Gasteiger partial charge is 0.267 e. The number of hydrogen-bond acceptors (Lipinski definition) is 2. The zero-order valence-corrected chi connectivity index (χ0v) is 13.4. The van der Waals surface area contributed by atoms with Crippen LogP contribution in [-0.2, 0) is 20.0 Å². The summed E-state index contributed by atoms with van der Waals surface area (Å²) in [5.74, 6) is 0.925. The first kappa shape index (κ1) is 14.8. The van der Waals surface area contributed by atoms with Gasteiger partial charge < -0.3 is 14.5 Å². The van der Waals surface area contributed by atoms with Crippen LogP contribution in [0.25, 0.3) is 0 Å². The van der Waals surface area contributed by atoms with E-state index in [0.29, 0.717) is 12.2 Å². The Morgan fingerprint density at radius 3 is 2.95 bits per heavy atom. The summed E-state index contributed by atoms with van der Waals surface area (Å²) >= 11 is 3.42. The molecule has 0 aliphatic rings. The van der Waals surface area contributed by atoms with Crippen LogP contribution in [0.1, 0.15) is 29.7 Å². The molecular weight excluding hydrogens is 320 g/mol. The van der Waals surface area contributed by atoms with Crippen LogP contribution in [-0.4, -0.2) is 26.6 Å². The molecule has 0 aliphatic heterocycles. The Morgan fingerprint density at radius 2 is 2.30 bits per heavy atom. The first-order valence-corrected chi connectivity index (χ1v) is 7.51. The normalized spacial score (nSPS) is 10.8. The van der Waals surface area contributed by atoms with Crippen LogP contribution in [0, 0.1) is 0 Å². The average molecular weight is 339 g/mol. The second kappa shape index (κ2) is 6.74. The van der Waals surface area contributed by atoms with Crippen LogP contribution in [0.4, 0.5) is 0 Å². The van der Waals surface area contributed by atoms with Gasteiger partial charge in [0.15, 0.2) is 0 Å². The molecule has 2 aromatic rings. The molecule has 1 amide bonds. The van der Waals surface area contributed by atoms with Crippen molar-refractivity contribution >= 4 is 21.8 Å². The molecule has 0 aliphatic carbocycles. The Morgan fingerprint density at radius 1 is 1.50 bits per heavy atom. The number of nitrogens with one attached hydrogen (secondary N) is 1. The number of aromatic nitrogens is 3. The van der Waals surface area contributed by atoms with Gasteiger partial charge in [-0.1, -0.05) is 6.92 Å².